The molecule has 106 valence electrons. The second kappa shape index (κ2) is 5.87. The van der Waals surface area contributed by atoms with E-state index in [9.17, 15) is 12.8 Å². The Morgan fingerprint density at radius 2 is 2.00 bits per heavy atom. The molecule has 1 fully saturated rings. The van der Waals surface area contributed by atoms with E-state index in [0.29, 0.717) is 30.4 Å². The molecule has 7 heteroatoms. The molecule has 0 saturated carbocycles. The lowest BCUT2D eigenvalue weighted by atomic mass is 10.00. The first-order valence-electron chi connectivity index (χ1n) is 6.01. The van der Waals surface area contributed by atoms with Crippen molar-refractivity contribution in [1.29, 1.82) is 0 Å². The zero-order valence-corrected chi connectivity index (χ0v) is 12.6. The molecule has 0 amide bonds. The Labute approximate surface area is 120 Å². The Balaban J connectivity index is 2.23. The SMILES string of the molecule is O=S(=O)(c1ccc(Br)cc1F)N1CCC(CO)CC1. The van der Waals surface area contributed by atoms with Gasteiger partial charge in [-0.1, -0.05) is 15.9 Å². The van der Waals surface area contributed by atoms with Crippen LogP contribution in [-0.2, 0) is 10.0 Å². The summed E-state index contributed by atoms with van der Waals surface area (Å²) in [4.78, 5) is -0.293. The smallest absolute Gasteiger partial charge is 0.245 e. The second-order valence-electron chi connectivity index (χ2n) is 4.60. The number of aliphatic hydroxyl groups excluding tert-OH is 1. The van der Waals surface area contributed by atoms with Gasteiger partial charge in [-0.15, -0.1) is 0 Å². The fourth-order valence-corrected chi connectivity index (χ4v) is 4.00. The van der Waals surface area contributed by atoms with Crippen LogP contribution in [0.25, 0.3) is 0 Å². The molecule has 0 bridgehead atoms. The molecule has 0 radical (unpaired) electrons. The van der Waals surface area contributed by atoms with Crippen LogP contribution in [0.5, 0.6) is 0 Å². The molecule has 1 aliphatic heterocycles. The molecular formula is C12H15BrFNO3S. The Kier molecular flexibility index (Phi) is 4.60. The Morgan fingerprint density at radius 3 is 2.53 bits per heavy atom. The predicted molar refractivity (Wildman–Crippen MR) is 72.7 cm³/mol. The molecule has 0 unspecified atom stereocenters. The minimum atomic E-state index is -3.79. The van der Waals surface area contributed by atoms with Crippen LogP contribution >= 0.6 is 15.9 Å². The topological polar surface area (TPSA) is 57.6 Å². The summed E-state index contributed by atoms with van der Waals surface area (Å²) in [5.41, 5.74) is 0. The van der Waals surface area contributed by atoms with Crippen molar-refractivity contribution in [1.82, 2.24) is 4.31 Å². The molecule has 0 spiro atoms. The summed E-state index contributed by atoms with van der Waals surface area (Å²) in [6, 6.07) is 3.93. The minimum absolute atomic E-state index is 0.0700. The van der Waals surface area contributed by atoms with Gasteiger partial charge in [0.15, 0.2) is 0 Å². The second-order valence-corrected chi connectivity index (χ2v) is 7.43. The number of hydrogen-bond donors (Lipinski definition) is 1. The quantitative estimate of drug-likeness (QED) is 0.905. The van der Waals surface area contributed by atoms with E-state index in [1.807, 2.05) is 0 Å². The minimum Gasteiger partial charge on any atom is -0.396 e. The summed E-state index contributed by atoms with van der Waals surface area (Å²) >= 11 is 3.10. The zero-order valence-electron chi connectivity index (χ0n) is 10.2. The summed E-state index contributed by atoms with van der Waals surface area (Å²) in [6.45, 7) is 0.715. The number of rotatable bonds is 3. The van der Waals surface area contributed by atoms with E-state index >= 15 is 0 Å². The summed E-state index contributed by atoms with van der Waals surface area (Å²) in [5.74, 6) is -0.611. The van der Waals surface area contributed by atoms with Crippen molar-refractivity contribution in [3.05, 3.63) is 28.5 Å². The summed E-state index contributed by atoms with van der Waals surface area (Å²) in [7, 11) is -3.79. The molecule has 1 aliphatic rings. The molecule has 4 nitrogen and oxygen atoms in total. The summed E-state index contributed by atoms with van der Waals surface area (Å²) in [5, 5.41) is 9.04. The lowest BCUT2D eigenvalue weighted by Crippen LogP contribution is -2.39. The zero-order chi connectivity index (χ0) is 14.0. The number of halogens is 2. The first-order valence-corrected chi connectivity index (χ1v) is 8.24. The molecule has 0 atom stereocenters. The highest BCUT2D eigenvalue weighted by Gasteiger charge is 2.31. The third-order valence-corrected chi connectivity index (χ3v) is 5.77. The van der Waals surface area contributed by atoms with Crippen LogP contribution in [0.3, 0.4) is 0 Å². The number of benzene rings is 1. The van der Waals surface area contributed by atoms with Gasteiger partial charge in [0.25, 0.3) is 0 Å². The first-order chi connectivity index (χ1) is 8.95. The molecule has 1 N–H and O–H groups in total. The van der Waals surface area contributed by atoms with Gasteiger partial charge < -0.3 is 5.11 Å². The Bertz CT molecular complexity index is 556. The molecule has 1 aromatic rings. The molecule has 1 saturated heterocycles. The van der Waals surface area contributed by atoms with E-state index < -0.39 is 15.8 Å². The summed E-state index contributed by atoms with van der Waals surface area (Å²) < 4.78 is 40.2. The molecule has 2 rings (SSSR count). The maximum Gasteiger partial charge on any atom is 0.245 e. The van der Waals surface area contributed by atoms with Gasteiger partial charge in [-0.2, -0.15) is 4.31 Å². The fourth-order valence-electron chi connectivity index (χ4n) is 2.16. The molecule has 0 aromatic heterocycles. The summed E-state index contributed by atoms with van der Waals surface area (Å²) in [6.07, 6.45) is 1.21. The van der Waals surface area contributed by atoms with Gasteiger partial charge in [0.1, 0.15) is 10.7 Å². The standard InChI is InChI=1S/C12H15BrFNO3S/c13-10-1-2-12(11(14)7-10)19(17,18)15-5-3-9(8-16)4-6-15/h1-2,7,9,16H,3-6,8H2. The highest BCUT2D eigenvalue weighted by atomic mass is 79.9. The normalized spacial score (nSPS) is 18.7. The van der Waals surface area contributed by atoms with Crippen LogP contribution in [0, 0.1) is 11.7 Å². The average Bonchev–Trinajstić information content (AvgIpc) is 2.38. The first kappa shape index (κ1) is 14.9. The van der Waals surface area contributed by atoms with Gasteiger partial charge in [0.05, 0.1) is 0 Å². The van der Waals surface area contributed by atoms with Crippen LogP contribution in [0.4, 0.5) is 4.39 Å². The van der Waals surface area contributed by atoms with E-state index in [1.165, 1.54) is 16.4 Å². The van der Waals surface area contributed by atoms with Gasteiger partial charge in [-0.05, 0) is 37.0 Å². The van der Waals surface area contributed by atoms with E-state index in [4.69, 9.17) is 5.11 Å². The van der Waals surface area contributed by atoms with Crippen LogP contribution in [0.2, 0.25) is 0 Å². The van der Waals surface area contributed by atoms with Crippen molar-refractivity contribution in [2.45, 2.75) is 17.7 Å². The molecule has 19 heavy (non-hydrogen) atoms. The lowest BCUT2D eigenvalue weighted by Gasteiger charge is -2.30. The number of hydrogen-bond acceptors (Lipinski definition) is 3. The van der Waals surface area contributed by atoms with Gasteiger partial charge in [-0.25, -0.2) is 12.8 Å². The Hall–Kier alpha value is -0.500. The maximum absolute atomic E-state index is 13.8. The van der Waals surface area contributed by atoms with Crippen molar-refractivity contribution in [3.8, 4) is 0 Å². The highest BCUT2D eigenvalue weighted by molar-refractivity contribution is 9.10. The number of aliphatic hydroxyl groups is 1. The van der Waals surface area contributed by atoms with Gasteiger partial charge in [0, 0.05) is 24.2 Å². The van der Waals surface area contributed by atoms with E-state index in [0.717, 1.165) is 6.07 Å². The van der Waals surface area contributed by atoms with Gasteiger partial charge >= 0.3 is 0 Å². The van der Waals surface area contributed by atoms with Gasteiger partial charge in [0.2, 0.25) is 10.0 Å². The van der Waals surface area contributed by atoms with Crippen LogP contribution < -0.4 is 0 Å². The van der Waals surface area contributed by atoms with E-state index in [-0.39, 0.29) is 17.4 Å². The molecule has 0 aliphatic carbocycles. The average molecular weight is 352 g/mol. The van der Waals surface area contributed by atoms with Crippen molar-refractivity contribution < 1.29 is 17.9 Å². The van der Waals surface area contributed by atoms with E-state index in [1.54, 1.807) is 0 Å². The van der Waals surface area contributed by atoms with E-state index in [2.05, 4.69) is 15.9 Å². The monoisotopic (exact) mass is 351 g/mol. The third-order valence-electron chi connectivity index (χ3n) is 3.34. The maximum atomic E-state index is 13.8. The van der Waals surface area contributed by atoms with Crippen LogP contribution in [0.1, 0.15) is 12.8 Å². The van der Waals surface area contributed by atoms with Gasteiger partial charge in [-0.3, -0.25) is 0 Å². The Morgan fingerprint density at radius 1 is 1.37 bits per heavy atom. The number of piperidine rings is 1. The number of sulfonamides is 1. The number of nitrogens with zero attached hydrogens (tertiary/aromatic N) is 1. The third kappa shape index (κ3) is 3.16. The lowest BCUT2D eigenvalue weighted by molar-refractivity contribution is 0.170. The van der Waals surface area contributed by atoms with Crippen LogP contribution in [0.15, 0.2) is 27.6 Å². The van der Waals surface area contributed by atoms with Crippen LogP contribution in [-0.4, -0.2) is 37.5 Å². The molecular weight excluding hydrogens is 337 g/mol. The van der Waals surface area contributed by atoms with Crippen molar-refractivity contribution >= 4 is 26.0 Å². The fraction of sp³-hybridized carbons (Fsp3) is 0.500. The largest absolute Gasteiger partial charge is 0.396 e. The van der Waals surface area contributed by atoms with Crippen molar-refractivity contribution in [2.75, 3.05) is 19.7 Å². The van der Waals surface area contributed by atoms with Crippen molar-refractivity contribution in [2.24, 2.45) is 5.92 Å². The highest BCUT2D eigenvalue weighted by Crippen LogP contribution is 2.26. The molecule has 1 aromatic carbocycles. The predicted octanol–water partition coefficient (Wildman–Crippen LogP) is 1.98. The van der Waals surface area contributed by atoms with Crippen molar-refractivity contribution in [3.63, 3.8) is 0 Å². The molecule has 1 heterocycles.